The second-order valence-electron chi connectivity index (χ2n) is 4.51. The molecule has 98 valence electrons. The summed E-state index contributed by atoms with van der Waals surface area (Å²) < 4.78 is 0.799. The third-order valence-corrected chi connectivity index (χ3v) is 4.79. The highest BCUT2D eigenvalue weighted by Crippen LogP contribution is 2.42. The van der Waals surface area contributed by atoms with Crippen LogP contribution in [0.4, 0.5) is 5.69 Å². The lowest BCUT2D eigenvalue weighted by Gasteiger charge is -2.26. The van der Waals surface area contributed by atoms with Gasteiger partial charge in [0.25, 0.3) is 0 Å². The minimum absolute atomic E-state index is 0.164. The van der Waals surface area contributed by atoms with Crippen LogP contribution in [0.25, 0.3) is 0 Å². The van der Waals surface area contributed by atoms with Crippen LogP contribution in [-0.4, -0.2) is 6.21 Å². The van der Waals surface area contributed by atoms with Crippen LogP contribution >= 0.6 is 34.5 Å². The van der Waals surface area contributed by atoms with Crippen LogP contribution in [0.5, 0.6) is 0 Å². The van der Waals surface area contributed by atoms with Crippen molar-refractivity contribution in [3.05, 3.63) is 50.6 Å². The number of hydrazone groups is 1. The number of para-hydroxylation sites is 1. The van der Waals surface area contributed by atoms with Crippen molar-refractivity contribution in [2.24, 2.45) is 11.0 Å². The molecule has 0 fully saturated rings. The molecule has 2 aromatic rings. The zero-order chi connectivity index (χ0) is 13.4. The van der Waals surface area contributed by atoms with Gasteiger partial charge in [-0.15, -0.1) is 11.3 Å². The summed E-state index contributed by atoms with van der Waals surface area (Å²) in [6, 6.07) is 11.9. The molecule has 0 unspecified atom stereocenters. The molecule has 1 aliphatic rings. The van der Waals surface area contributed by atoms with Gasteiger partial charge >= 0.3 is 0 Å². The Balaban J connectivity index is 2.01. The highest BCUT2D eigenvalue weighted by molar-refractivity contribution is 7.16. The Morgan fingerprint density at radius 1 is 1.16 bits per heavy atom. The van der Waals surface area contributed by atoms with Gasteiger partial charge in [0, 0.05) is 17.0 Å². The van der Waals surface area contributed by atoms with E-state index >= 15 is 0 Å². The topological polar surface area (TPSA) is 15.6 Å². The van der Waals surface area contributed by atoms with E-state index in [0.717, 1.165) is 10.0 Å². The third kappa shape index (κ3) is 2.38. The first-order valence-corrected chi connectivity index (χ1v) is 7.57. The first kappa shape index (κ1) is 13.0. The number of anilines is 1. The maximum absolute atomic E-state index is 6.27. The molecule has 1 aromatic heterocycles. The molecule has 0 aliphatic carbocycles. The predicted octanol–water partition coefficient (Wildman–Crippen LogP) is 5.24. The summed E-state index contributed by atoms with van der Waals surface area (Å²) in [5.74, 6) is 0.325. The van der Waals surface area contributed by atoms with Crippen molar-refractivity contribution in [2.45, 2.75) is 13.0 Å². The summed E-state index contributed by atoms with van der Waals surface area (Å²) >= 11 is 13.9. The van der Waals surface area contributed by atoms with Gasteiger partial charge in [0.05, 0.1) is 21.1 Å². The van der Waals surface area contributed by atoms with Crippen molar-refractivity contribution >= 4 is 46.4 Å². The molecular formula is C14H12Cl2N2S. The van der Waals surface area contributed by atoms with Gasteiger partial charge in [0.2, 0.25) is 0 Å². The molecule has 2 nitrogen and oxygen atoms in total. The smallest absolute Gasteiger partial charge is 0.0943 e. The van der Waals surface area contributed by atoms with E-state index in [0.29, 0.717) is 10.9 Å². The second kappa shape index (κ2) is 5.16. The number of nitrogens with zero attached hydrogens (tertiary/aromatic N) is 2. The van der Waals surface area contributed by atoms with E-state index in [1.165, 1.54) is 4.88 Å². The maximum atomic E-state index is 6.27. The van der Waals surface area contributed by atoms with Gasteiger partial charge in [-0.05, 0) is 24.3 Å². The van der Waals surface area contributed by atoms with Crippen LogP contribution in [0.15, 0.2) is 41.5 Å². The molecule has 2 atom stereocenters. The van der Waals surface area contributed by atoms with Gasteiger partial charge in [-0.1, -0.05) is 42.3 Å². The monoisotopic (exact) mass is 310 g/mol. The van der Waals surface area contributed by atoms with Crippen molar-refractivity contribution in [3.8, 4) is 0 Å². The summed E-state index contributed by atoms with van der Waals surface area (Å²) in [5, 5.41) is 7.19. The van der Waals surface area contributed by atoms with Crippen LogP contribution in [0.3, 0.4) is 0 Å². The third-order valence-electron chi connectivity index (χ3n) is 3.17. The Labute approximate surface area is 126 Å². The Bertz CT molecular complexity index is 623. The molecule has 0 amide bonds. The van der Waals surface area contributed by atoms with Gasteiger partial charge in [-0.2, -0.15) is 5.10 Å². The molecule has 3 rings (SSSR count). The van der Waals surface area contributed by atoms with Crippen molar-refractivity contribution in [2.75, 3.05) is 5.01 Å². The fourth-order valence-corrected chi connectivity index (χ4v) is 3.75. The van der Waals surface area contributed by atoms with Crippen molar-refractivity contribution in [1.82, 2.24) is 0 Å². The molecule has 2 heterocycles. The summed E-state index contributed by atoms with van der Waals surface area (Å²) in [4.78, 5) is 1.20. The predicted molar refractivity (Wildman–Crippen MR) is 83.7 cm³/mol. The fraction of sp³-hybridized carbons (Fsp3) is 0.214. The Kier molecular flexibility index (Phi) is 3.52. The van der Waals surface area contributed by atoms with Gasteiger partial charge < -0.3 is 0 Å². The van der Waals surface area contributed by atoms with Crippen molar-refractivity contribution < 1.29 is 0 Å². The van der Waals surface area contributed by atoms with Crippen LogP contribution in [0, 0.1) is 5.92 Å². The summed E-state index contributed by atoms with van der Waals surface area (Å²) in [6.07, 6.45) is 1.96. The summed E-state index contributed by atoms with van der Waals surface area (Å²) in [6.45, 7) is 2.15. The lowest BCUT2D eigenvalue weighted by Crippen LogP contribution is -2.22. The van der Waals surface area contributed by atoms with Crippen molar-refractivity contribution in [1.29, 1.82) is 0 Å². The highest BCUT2D eigenvalue weighted by Gasteiger charge is 2.32. The first-order chi connectivity index (χ1) is 9.16. The second-order valence-corrected chi connectivity index (χ2v) is 6.66. The molecule has 0 saturated heterocycles. The fourth-order valence-electron chi connectivity index (χ4n) is 2.27. The number of thiophene rings is 1. The molecule has 0 bridgehead atoms. The average Bonchev–Trinajstić information content (AvgIpc) is 2.96. The Morgan fingerprint density at radius 2 is 1.95 bits per heavy atom. The number of halogens is 2. The molecule has 0 N–H and O–H groups in total. The Hall–Kier alpha value is -1.03. The first-order valence-electron chi connectivity index (χ1n) is 6.00. The molecular weight excluding hydrogens is 299 g/mol. The molecule has 19 heavy (non-hydrogen) atoms. The zero-order valence-corrected chi connectivity index (χ0v) is 12.6. The van der Waals surface area contributed by atoms with E-state index in [1.54, 1.807) is 11.3 Å². The highest BCUT2D eigenvalue weighted by atomic mass is 35.5. The number of benzene rings is 1. The molecule has 0 saturated carbocycles. The van der Waals surface area contributed by atoms with Crippen LogP contribution < -0.4 is 5.01 Å². The van der Waals surface area contributed by atoms with Crippen molar-refractivity contribution in [3.63, 3.8) is 0 Å². The molecule has 1 aromatic carbocycles. The number of hydrogen-bond donors (Lipinski definition) is 0. The maximum Gasteiger partial charge on any atom is 0.0943 e. The van der Waals surface area contributed by atoms with E-state index in [1.807, 2.05) is 41.6 Å². The zero-order valence-electron chi connectivity index (χ0n) is 10.3. The van der Waals surface area contributed by atoms with E-state index < -0.39 is 0 Å². The molecule has 0 spiro atoms. The van der Waals surface area contributed by atoms with Crippen LogP contribution in [0.1, 0.15) is 17.8 Å². The SMILES string of the molecule is C[C@@H]1C=NN(c2ccccc2Cl)[C@H]1c1ccc(Cl)s1. The van der Waals surface area contributed by atoms with E-state index in [9.17, 15) is 0 Å². The van der Waals surface area contributed by atoms with Gasteiger partial charge in [-0.3, -0.25) is 5.01 Å². The lowest BCUT2D eigenvalue weighted by molar-refractivity contribution is 0.602. The van der Waals surface area contributed by atoms with Gasteiger partial charge in [-0.25, -0.2) is 0 Å². The number of rotatable bonds is 2. The Morgan fingerprint density at radius 3 is 2.63 bits per heavy atom. The number of hydrogen-bond acceptors (Lipinski definition) is 3. The molecule has 1 aliphatic heterocycles. The van der Waals surface area contributed by atoms with Gasteiger partial charge in [0.15, 0.2) is 0 Å². The summed E-state index contributed by atoms with van der Waals surface area (Å²) in [5.41, 5.74) is 0.930. The van der Waals surface area contributed by atoms with E-state index in [4.69, 9.17) is 23.2 Å². The quantitative estimate of drug-likeness (QED) is 0.740. The molecule has 0 radical (unpaired) electrons. The minimum atomic E-state index is 0.164. The van der Waals surface area contributed by atoms with Crippen LogP contribution in [0.2, 0.25) is 9.36 Å². The van der Waals surface area contributed by atoms with Gasteiger partial charge in [0.1, 0.15) is 0 Å². The normalized spacial score (nSPS) is 22.2. The summed E-state index contributed by atoms with van der Waals surface area (Å²) in [7, 11) is 0. The lowest BCUT2D eigenvalue weighted by atomic mass is 10.0. The van der Waals surface area contributed by atoms with Crippen LogP contribution in [-0.2, 0) is 0 Å². The molecule has 5 heteroatoms. The van der Waals surface area contributed by atoms with E-state index in [2.05, 4.69) is 18.1 Å². The standard InChI is InChI=1S/C14H12Cl2N2S/c1-9-8-17-18(11-5-3-2-4-10(11)15)14(9)12-6-7-13(16)19-12/h2-9,14H,1H3/t9-,14-/m1/s1. The minimum Gasteiger partial charge on any atom is -0.255 e. The van der Waals surface area contributed by atoms with E-state index in [-0.39, 0.29) is 6.04 Å². The largest absolute Gasteiger partial charge is 0.255 e. The average molecular weight is 311 g/mol.